The third kappa shape index (κ3) is 4.39. The molecule has 0 atom stereocenters. The van der Waals surface area contributed by atoms with E-state index in [4.69, 9.17) is 10.5 Å². The SMILES string of the molecule is CCCCn1c(N)c(N(Cc2ccccc2OC)C(=O)CC)c(=O)[nH]c1=O. The summed E-state index contributed by atoms with van der Waals surface area (Å²) in [6.45, 7) is 4.17. The number of nitrogens with zero attached hydrogens (tertiary/aromatic N) is 2. The molecule has 146 valence electrons. The summed E-state index contributed by atoms with van der Waals surface area (Å²) in [4.78, 5) is 40.9. The van der Waals surface area contributed by atoms with E-state index in [1.165, 1.54) is 16.6 Å². The zero-order valence-electron chi connectivity index (χ0n) is 15.9. The molecule has 0 unspecified atom stereocenters. The highest BCUT2D eigenvalue weighted by Gasteiger charge is 2.24. The smallest absolute Gasteiger partial charge is 0.330 e. The highest BCUT2D eigenvalue weighted by atomic mass is 16.5. The number of para-hydroxylation sites is 1. The molecule has 1 aromatic heterocycles. The number of methoxy groups -OCH3 is 1. The molecule has 0 spiro atoms. The van der Waals surface area contributed by atoms with Crippen molar-refractivity contribution in [2.75, 3.05) is 17.7 Å². The van der Waals surface area contributed by atoms with E-state index in [0.29, 0.717) is 12.3 Å². The average molecular weight is 374 g/mol. The number of aromatic amines is 1. The van der Waals surface area contributed by atoms with Crippen LogP contribution in [-0.4, -0.2) is 22.6 Å². The van der Waals surface area contributed by atoms with Gasteiger partial charge in [-0.05, 0) is 12.5 Å². The molecule has 0 aliphatic carbocycles. The largest absolute Gasteiger partial charge is 0.496 e. The Kier molecular flexibility index (Phi) is 6.81. The molecule has 0 saturated heterocycles. The van der Waals surface area contributed by atoms with Crippen molar-refractivity contribution < 1.29 is 9.53 Å². The number of hydrogen-bond acceptors (Lipinski definition) is 5. The molecule has 1 aromatic carbocycles. The number of H-pyrrole nitrogens is 1. The summed E-state index contributed by atoms with van der Waals surface area (Å²) in [6, 6.07) is 7.23. The lowest BCUT2D eigenvalue weighted by molar-refractivity contribution is -0.118. The number of rotatable bonds is 8. The second kappa shape index (κ2) is 9.07. The predicted octanol–water partition coefficient (Wildman–Crippen LogP) is 1.87. The molecule has 3 N–H and O–H groups in total. The summed E-state index contributed by atoms with van der Waals surface area (Å²) in [5.41, 5.74) is 5.63. The van der Waals surface area contributed by atoms with Crippen molar-refractivity contribution in [3.8, 4) is 5.75 Å². The van der Waals surface area contributed by atoms with E-state index >= 15 is 0 Å². The van der Waals surface area contributed by atoms with Gasteiger partial charge in [-0.2, -0.15) is 0 Å². The van der Waals surface area contributed by atoms with Gasteiger partial charge in [0.05, 0.1) is 13.7 Å². The Balaban J connectivity index is 2.59. The number of ether oxygens (including phenoxy) is 1. The first-order valence-electron chi connectivity index (χ1n) is 8.99. The molecule has 0 saturated carbocycles. The van der Waals surface area contributed by atoms with Crippen LogP contribution in [0.2, 0.25) is 0 Å². The minimum absolute atomic E-state index is 0.00565. The van der Waals surface area contributed by atoms with E-state index < -0.39 is 11.2 Å². The Bertz CT molecular complexity index is 917. The molecule has 27 heavy (non-hydrogen) atoms. The molecule has 8 nitrogen and oxygen atoms in total. The number of aromatic nitrogens is 2. The number of nitrogens with two attached hydrogens (primary N) is 1. The van der Waals surface area contributed by atoms with Crippen molar-refractivity contribution in [1.82, 2.24) is 9.55 Å². The minimum Gasteiger partial charge on any atom is -0.496 e. The van der Waals surface area contributed by atoms with Gasteiger partial charge in [-0.25, -0.2) is 4.79 Å². The Morgan fingerprint density at radius 1 is 1.26 bits per heavy atom. The van der Waals surface area contributed by atoms with Crippen LogP contribution in [0.25, 0.3) is 0 Å². The number of carbonyl (C=O) groups excluding carboxylic acids is 1. The minimum atomic E-state index is -0.679. The van der Waals surface area contributed by atoms with Crippen molar-refractivity contribution in [3.63, 3.8) is 0 Å². The summed E-state index contributed by atoms with van der Waals surface area (Å²) in [5, 5.41) is 0. The Morgan fingerprint density at radius 3 is 2.59 bits per heavy atom. The normalized spacial score (nSPS) is 10.6. The average Bonchev–Trinajstić information content (AvgIpc) is 2.66. The van der Waals surface area contributed by atoms with Crippen molar-refractivity contribution in [3.05, 3.63) is 50.7 Å². The monoisotopic (exact) mass is 374 g/mol. The molecule has 1 amide bonds. The van der Waals surface area contributed by atoms with Gasteiger partial charge in [0.1, 0.15) is 11.6 Å². The summed E-state index contributed by atoms with van der Waals surface area (Å²) in [6.07, 6.45) is 1.77. The molecule has 0 fully saturated rings. The molecule has 0 bridgehead atoms. The van der Waals surface area contributed by atoms with E-state index in [0.717, 1.165) is 18.4 Å². The lowest BCUT2D eigenvalue weighted by Crippen LogP contribution is -2.40. The molecule has 1 heterocycles. The van der Waals surface area contributed by atoms with Crippen LogP contribution >= 0.6 is 0 Å². The molecule has 2 rings (SSSR count). The van der Waals surface area contributed by atoms with E-state index in [-0.39, 0.29) is 30.4 Å². The van der Waals surface area contributed by atoms with Crippen molar-refractivity contribution >= 4 is 17.4 Å². The van der Waals surface area contributed by atoms with Crippen LogP contribution in [0.1, 0.15) is 38.7 Å². The second-order valence-electron chi connectivity index (χ2n) is 6.14. The number of nitrogens with one attached hydrogen (secondary N) is 1. The van der Waals surface area contributed by atoms with Crippen molar-refractivity contribution in [2.45, 2.75) is 46.2 Å². The highest BCUT2D eigenvalue weighted by Crippen LogP contribution is 2.25. The fraction of sp³-hybridized carbons (Fsp3) is 0.421. The van der Waals surface area contributed by atoms with Crippen LogP contribution in [0.4, 0.5) is 11.5 Å². The van der Waals surface area contributed by atoms with Crippen molar-refractivity contribution in [2.24, 2.45) is 0 Å². The van der Waals surface area contributed by atoms with Gasteiger partial charge >= 0.3 is 5.69 Å². The number of nitrogen functional groups attached to an aromatic ring is 1. The molecule has 0 radical (unpaired) electrons. The Labute approximate surface area is 157 Å². The number of unbranched alkanes of at least 4 members (excludes halogenated alkanes) is 1. The predicted molar refractivity (Wildman–Crippen MR) is 105 cm³/mol. The molecule has 8 heteroatoms. The van der Waals surface area contributed by atoms with Gasteiger partial charge in [-0.1, -0.05) is 38.5 Å². The van der Waals surface area contributed by atoms with Crippen LogP contribution in [0.3, 0.4) is 0 Å². The lowest BCUT2D eigenvalue weighted by Gasteiger charge is -2.25. The fourth-order valence-electron chi connectivity index (χ4n) is 2.86. The highest BCUT2D eigenvalue weighted by molar-refractivity contribution is 5.95. The number of anilines is 2. The maximum Gasteiger partial charge on any atom is 0.330 e. The second-order valence-corrected chi connectivity index (χ2v) is 6.14. The summed E-state index contributed by atoms with van der Waals surface area (Å²) >= 11 is 0. The van der Waals surface area contributed by atoms with Crippen LogP contribution < -0.4 is 26.6 Å². The van der Waals surface area contributed by atoms with Gasteiger partial charge in [-0.15, -0.1) is 0 Å². The van der Waals surface area contributed by atoms with Gasteiger partial charge in [0.2, 0.25) is 5.91 Å². The van der Waals surface area contributed by atoms with Gasteiger partial charge in [0.15, 0.2) is 5.69 Å². The van der Waals surface area contributed by atoms with Gasteiger partial charge < -0.3 is 10.5 Å². The first-order chi connectivity index (χ1) is 12.9. The molecule has 0 aliphatic heterocycles. The summed E-state index contributed by atoms with van der Waals surface area (Å²) in [7, 11) is 1.54. The first kappa shape index (κ1) is 20.3. The Morgan fingerprint density at radius 2 is 1.96 bits per heavy atom. The van der Waals surface area contributed by atoms with Gasteiger partial charge in [0, 0.05) is 18.5 Å². The molecular formula is C19H26N4O4. The van der Waals surface area contributed by atoms with Gasteiger partial charge in [-0.3, -0.25) is 24.0 Å². The summed E-state index contributed by atoms with van der Waals surface area (Å²) < 4.78 is 6.65. The van der Waals surface area contributed by atoms with Crippen LogP contribution in [0, 0.1) is 0 Å². The maximum absolute atomic E-state index is 12.6. The first-order valence-corrected chi connectivity index (χ1v) is 8.99. The number of hydrogen-bond donors (Lipinski definition) is 2. The van der Waals surface area contributed by atoms with Gasteiger partial charge in [0.25, 0.3) is 5.56 Å². The van der Waals surface area contributed by atoms with E-state index in [1.54, 1.807) is 13.0 Å². The van der Waals surface area contributed by atoms with Crippen molar-refractivity contribution in [1.29, 1.82) is 0 Å². The zero-order valence-corrected chi connectivity index (χ0v) is 15.9. The standard InChI is InChI=1S/C19H26N4O4/c1-4-6-11-22-17(20)16(18(25)21-19(22)26)23(15(24)5-2)12-13-9-7-8-10-14(13)27-3/h7-10H,4-6,11-12,20H2,1-3H3,(H,21,25,26). The zero-order chi connectivity index (χ0) is 20.0. The Hall–Kier alpha value is -3.03. The van der Waals surface area contributed by atoms with Crippen LogP contribution in [0.5, 0.6) is 5.75 Å². The fourth-order valence-corrected chi connectivity index (χ4v) is 2.86. The van der Waals surface area contributed by atoms with Crippen LogP contribution in [0.15, 0.2) is 33.9 Å². The maximum atomic E-state index is 12.6. The number of amides is 1. The lowest BCUT2D eigenvalue weighted by atomic mass is 10.1. The molecular weight excluding hydrogens is 348 g/mol. The number of carbonyl (C=O) groups is 1. The number of benzene rings is 1. The molecule has 0 aliphatic rings. The van der Waals surface area contributed by atoms with E-state index in [9.17, 15) is 14.4 Å². The van der Waals surface area contributed by atoms with Crippen LogP contribution in [-0.2, 0) is 17.9 Å². The van der Waals surface area contributed by atoms with E-state index in [1.807, 2.05) is 25.1 Å². The quantitative estimate of drug-likeness (QED) is 0.733. The molecule has 2 aromatic rings. The third-order valence-electron chi connectivity index (χ3n) is 4.34. The van der Waals surface area contributed by atoms with E-state index in [2.05, 4.69) is 4.98 Å². The topological polar surface area (TPSA) is 110 Å². The summed E-state index contributed by atoms with van der Waals surface area (Å²) in [5.74, 6) is 0.313. The third-order valence-corrected chi connectivity index (χ3v) is 4.34.